The van der Waals surface area contributed by atoms with E-state index < -0.39 is 66.5 Å². The van der Waals surface area contributed by atoms with E-state index in [1.165, 1.54) is 25.7 Å². The fraction of sp³-hybridized carbons (Fsp3) is 0.804. The zero-order chi connectivity index (χ0) is 58.9. The van der Waals surface area contributed by atoms with Gasteiger partial charge >= 0.3 is 23.9 Å². The number of rotatable bonds is 57. The molecule has 23 nitrogen and oxygen atoms in total. The summed E-state index contributed by atoms with van der Waals surface area (Å²) in [6.07, 6.45) is 16.5. The second kappa shape index (κ2) is 49.6. The van der Waals surface area contributed by atoms with Gasteiger partial charge in [0, 0.05) is 70.6 Å². The summed E-state index contributed by atoms with van der Waals surface area (Å²) < 4.78 is 21.4. The third-order valence-electron chi connectivity index (χ3n) is 13.2. The Kier molecular flexibility index (Phi) is 46.3. The number of carboxylic acid groups (broad SMARTS) is 4. The Morgan fingerprint density at radius 1 is 0.380 bits per heavy atom. The van der Waals surface area contributed by atoms with Gasteiger partial charge < -0.3 is 60.6 Å². The van der Waals surface area contributed by atoms with Crippen molar-refractivity contribution >= 4 is 64.9 Å². The maximum atomic E-state index is 12.7. The number of aliphatic carboxylic acids is 4. The number of carbonyl (C=O) groups excluding carboxylic acids is 7. The van der Waals surface area contributed by atoms with Crippen LogP contribution in [0.15, 0.2) is 0 Å². The van der Waals surface area contributed by atoms with E-state index in [4.69, 9.17) is 24.1 Å². The van der Waals surface area contributed by atoms with Gasteiger partial charge in [-0.05, 0) is 64.7 Å². The fourth-order valence-electron chi connectivity index (χ4n) is 8.41. The topological polar surface area (TPSA) is 354 Å². The van der Waals surface area contributed by atoms with E-state index in [1.54, 1.807) is 6.92 Å². The van der Waals surface area contributed by atoms with E-state index in [-0.39, 0.29) is 146 Å². The van der Waals surface area contributed by atoms with Crippen LogP contribution in [0.1, 0.15) is 200 Å². The minimum Gasteiger partial charge on any atom is -0.481 e. The molecule has 0 aliphatic carbocycles. The number of carbonyl (C=O) groups is 11. The average molecular weight is 1130 g/mol. The molecule has 0 unspecified atom stereocenters. The summed E-state index contributed by atoms with van der Waals surface area (Å²) in [6, 6.07) is -2.97. The van der Waals surface area contributed by atoms with Gasteiger partial charge in [0.25, 0.3) is 0 Å². The van der Waals surface area contributed by atoms with E-state index in [0.717, 1.165) is 83.5 Å². The van der Waals surface area contributed by atoms with Gasteiger partial charge in [0.05, 0.1) is 39.0 Å². The molecule has 0 aliphatic rings. The molecule has 4 atom stereocenters. The SMILES string of the molecule is CC[C@@H](CCCCNC(=O)COCCOCCNC(=O)COCCOCCCC(=O)CC[C@H](NC(=O)CC[C@H](NC(=O)CC[C@H](CC(=O)CCCCCCCCCCCCCCCCC(=O)O)C(=O)O)C(=O)O)C(=O)O)C(C)=O. The largest absolute Gasteiger partial charge is 0.481 e. The number of Topliss-reactive ketones (excluding diaryl/α,β-unsaturated/α-hetero) is 3. The van der Waals surface area contributed by atoms with Crippen LogP contribution in [0.3, 0.4) is 0 Å². The highest BCUT2D eigenvalue weighted by Crippen LogP contribution is 2.18. The first-order valence-corrected chi connectivity index (χ1v) is 28.7. The van der Waals surface area contributed by atoms with Crippen molar-refractivity contribution < 1.29 is 92.1 Å². The van der Waals surface area contributed by atoms with Crippen LogP contribution in [-0.4, -0.2) is 163 Å². The minimum absolute atomic E-state index is 0.0759. The van der Waals surface area contributed by atoms with Crippen LogP contribution in [-0.2, 0) is 71.7 Å². The smallest absolute Gasteiger partial charge is 0.326 e. The molecule has 0 fully saturated rings. The van der Waals surface area contributed by atoms with E-state index in [2.05, 4.69) is 21.3 Å². The molecular weight excluding hydrogens is 1030 g/mol. The molecule has 0 saturated heterocycles. The molecule has 0 radical (unpaired) electrons. The molecule has 4 amide bonds. The molecule has 0 bridgehead atoms. The number of carboxylic acids is 4. The zero-order valence-electron chi connectivity index (χ0n) is 47.3. The second-order valence-electron chi connectivity index (χ2n) is 20.0. The maximum Gasteiger partial charge on any atom is 0.326 e. The molecule has 79 heavy (non-hydrogen) atoms. The Hall–Kier alpha value is -5.39. The molecule has 454 valence electrons. The molecule has 0 heterocycles. The molecule has 0 aromatic rings. The summed E-state index contributed by atoms with van der Waals surface area (Å²) in [5.41, 5.74) is 0. The van der Waals surface area contributed by atoms with Gasteiger partial charge in [-0.1, -0.05) is 90.4 Å². The van der Waals surface area contributed by atoms with Crippen molar-refractivity contribution in [3.63, 3.8) is 0 Å². The highest BCUT2D eigenvalue weighted by atomic mass is 16.5. The Labute approximate surface area is 466 Å². The van der Waals surface area contributed by atoms with Crippen LogP contribution >= 0.6 is 0 Å². The second-order valence-corrected chi connectivity index (χ2v) is 20.0. The molecular formula is C56H96N4O19. The van der Waals surface area contributed by atoms with Crippen LogP contribution in [0.25, 0.3) is 0 Å². The molecule has 0 aromatic carbocycles. The van der Waals surface area contributed by atoms with Crippen molar-refractivity contribution in [1.82, 2.24) is 21.3 Å². The molecule has 8 N–H and O–H groups in total. The predicted octanol–water partition coefficient (Wildman–Crippen LogP) is 5.89. The fourth-order valence-corrected chi connectivity index (χ4v) is 8.41. The molecule has 0 rings (SSSR count). The lowest BCUT2D eigenvalue weighted by molar-refractivity contribution is -0.145. The third-order valence-corrected chi connectivity index (χ3v) is 13.2. The first kappa shape index (κ1) is 73.6. The van der Waals surface area contributed by atoms with Gasteiger partial charge in [0.2, 0.25) is 23.6 Å². The van der Waals surface area contributed by atoms with Gasteiger partial charge in [-0.25, -0.2) is 9.59 Å². The Bertz CT molecular complexity index is 1780. The number of hydrogen-bond acceptors (Lipinski definition) is 15. The lowest BCUT2D eigenvalue weighted by atomic mass is 9.94. The standard InChI is InChI=1S/C56H96N4O19/c1-3-43(42(2)61)21-18-19-31-57-51(66)40-79-38-36-77-34-32-58-52(67)41-78-37-35-76-33-20-23-45(62)26-27-47(55(72)73)59-50(65)30-28-48(56(74)75)60-49(64)29-25-44(54(70)71)39-46(63)22-16-14-12-10-8-6-4-5-7-9-11-13-15-17-24-53(68)69/h43-44,47-48H,3-41H2,1-2H3,(H,57,66)(H,58,67)(H,59,65)(H,60,64)(H,68,69)(H,70,71)(H,72,73)(H,74,75)/t43-,44+,47-,48-/m0/s1. The Balaban J connectivity index is 4.15. The van der Waals surface area contributed by atoms with E-state index in [0.29, 0.717) is 19.4 Å². The van der Waals surface area contributed by atoms with Crippen molar-refractivity contribution in [2.24, 2.45) is 11.8 Å². The summed E-state index contributed by atoms with van der Waals surface area (Å²) in [6.45, 7) is 5.20. The number of ether oxygens (including phenoxy) is 4. The number of amides is 4. The molecule has 0 aromatic heterocycles. The summed E-state index contributed by atoms with van der Waals surface area (Å²) in [5.74, 6) is -8.40. The van der Waals surface area contributed by atoms with E-state index in [9.17, 15) is 68.1 Å². The van der Waals surface area contributed by atoms with Gasteiger partial charge in [0.1, 0.15) is 42.6 Å². The van der Waals surface area contributed by atoms with Crippen molar-refractivity contribution in [3.05, 3.63) is 0 Å². The molecule has 0 aliphatic heterocycles. The normalized spacial score (nSPS) is 12.6. The summed E-state index contributed by atoms with van der Waals surface area (Å²) in [5, 5.41) is 47.6. The number of hydrogen-bond donors (Lipinski definition) is 8. The molecule has 0 spiro atoms. The van der Waals surface area contributed by atoms with Crippen molar-refractivity contribution in [2.75, 3.05) is 65.9 Å². The van der Waals surface area contributed by atoms with Crippen molar-refractivity contribution in [3.8, 4) is 0 Å². The van der Waals surface area contributed by atoms with E-state index >= 15 is 0 Å². The van der Waals surface area contributed by atoms with Crippen LogP contribution in [0.4, 0.5) is 0 Å². The highest BCUT2D eigenvalue weighted by molar-refractivity contribution is 5.87. The van der Waals surface area contributed by atoms with Crippen molar-refractivity contribution in [2.45, 2.75) is 212 Å². The summed E-state index contributed by atoms with van der Waals surface area (Å²) >= 11 is 0. The summed E-state index contributed by atoms with van der Waals surface area (Å²) in [4.78, 5) is 132. The summed E-state index contributed by atoms with van der Waals surface area (Å²) in [7, 11) is 0. The lowest BCUT2D eigenvalue weighted by Crippen LogP contribution is -2.44. The third kappa shape index (κ3) is 46.1. The monoisotopic (exact) mass is 1130 g/mol. The molecule has 0 saturated carbocycles. The predicted molar refractivity (Wildman–Crippen MR) is 291 cm³/mol. The first-order chi connectivity index (χ1) is 37.9. The first-order valence-electron chi connectivity index (χ1n) is 28.7. The van der Waals surface area contributed by atoms with Crippen molar-refractivity contribution in [1.29, 1.82) is 0 Å². The van der Waals surface area contributed by atoms with Crippen LogP contribution in [0, 0.1) is 11.8 Å². The van der Waals surface area contributed by atoms with Crippen LogP contribution in [0.5, 0.6) is 0 Å². The maximum absolute atomic E-state index is 12.7. The Morgan fingerprint density at radius 3 is 1.30 bits per heavy atom. The number of unbranched alkanes of at least 4 members (excludes halogenated alkanes) is 14. The number of nitrogens with one attached hydrogen (secondary N) is 4. The highest BCUT2D eigenvalue weighted by Gasteiger charge is 2.27. The zero-order valence-corrected chi connectivity index (χ0v) is 47.3. The minimum atomic E-state index is -1.54. The Morgan fingerprint density at radius 2 is 0.823 bits per heavy atom. The number of ketones is 3. The van der Waals surface area contributed by atoms with E-state index in [1.807, 2.05) is 6.92 Å². The molecule has 23 heteroatoms. The average Bonchev–Trinajstić information content (AvgIpc) is 3.39. The van der Waals surface area contributed by atoms with Crippen LogP contribution in [0.2, 0.25) is 0 Å². The van der Waals surface area contributed by atoms with Gasteiger partial charge in [-0.15, -0.1) is 0 Å². The van der Waals surface area contributed by atoms with Crippen LogP contribution < -0.4 is 21.3 Å². The van der Waals surface area contributed by atoms with Gasteiger partial charge in [-0.2, -0.15) is 0 Å². The van der Waals surface area contributed by atoms with Gasteiger partial charge in [0.15, 0.2) is 0 Å². The quantitative estimate of drug-likeness (QED) is 0.0329. The van der Waals surface area contributed by atoms with Gasteiger partial charge in [-0.3, -0.25) is 43.2 Å². The lowest BCUT2D eigenvalue weighted by Gasteiger charge is -2.17.